The molecule has 0 spiro atoms. The standard InChI is InChI=1S/C17H17BrN4/c1-12-5-7-15(21-11-12)19-9-10-20-16-8-6-13-3-2-4-14(18)17(13)22-16/h2-8,11H,9-10H2,1H3,(H,19,21)(H,20,22). The number of nitrogens with one attached hydrogen (secondary N) is 2. The van der Waals surface area contributed by atoms with E-state index in [0.717, 1.165) is 45.7 Å². The quantitative estimate of drug-likeness (QED) is 0.671. The van der Waals surface area contributed by atoms with Gasteiger partial charge < -0.3 is 10.6 Å². The zero-order chi connectivity index (χ0) is 15.4. The van der Waals surface area contributed by atoms with Crippen molar-refractivity contribution in [3.63, 3.8) is 0 Å². The van der Waals surface area contributed by atoms with E-state index in [1.807, 2.05) is 43.5 Å². The van der Waals surface area contributed by atoms with E-state index in [2.05, 4.69) is 48.7 Å². The van der Waals surface area contributed by atoms with Crippen LogP contribution in [0.5, 0.6) is 0 Å². The molecule has 0 atom stereocenters. The minimum absolute atomic E-state index is 0.776. The van der Waals surface area contributed by atoms with Crippen LogP contribution in [0.25, 0.3) is 10.9 Å². The third-order valence-corrected chi connectivity index (χ3v) is 3.96. The van der Waals surface area contributed by atoms with Gasteiger partial charge in [-0.05, 0) is 52.7 Å². The Morgan fingerprint density at radius 2 is 1.73 bits per heavy atom. The maximum Gasteiger partial charge on any atom is 0.126 e. The van der Waals surface area contributed by atoms with E-state index in [4.69, 9.17) is 0 Å². The number of hydrogen-bond donors (Lipinski definition) is 2. The summed E-state index contributed by atoms with van der Waals surface area (Å²) in [6.07, 6.45) is 1.86. The SMILES string of the molecule is Cc1ccc(NCCNc2ccc3cccc(Br)c3n2)nc1. The number of benzene rings is 1. The summed E-state index contributed by atoms with van der Waals surface area (Å²) < 4.78 is 1.01. The second-order valence-corrected chi connectivity index (χ2v) is 5.94. The lowest BCUT2D eigenvalue weighted by molar-refractivity contribution is 1.05. The monoisotopic (exact) mass is 356 g/mol. The molecule has 0 bridgehead atoms. The first-order valence-corrected chi connectivity index (χ1v) is 7.97. The van der Waals surface area contributed by atoms with Gasteiger partial charge in [0.05, 0.1) is 5.52 Å². The smallest absolute Gasteiger partial charge is 0.126 e. The second kappa shape index (κ2) is 6.75. The van der Waals surface area contributed by atoms with Crippen LogP contribution in [-0.4, -0.2) is 23.1 Å². The van der Waals surface area contributed by atoms with Gasteiger partial charge >= 0.3 is 0 Å². The summed E-state index contributed by atoms with van der Waals surface area (Å²) >= 11 is 3.54. The third-order valence-electron chi connectivity index (χ3n) is 3.32. The average Bonchev–Trinajstić information content (AvgIpc) is 2.54. The molecule has 22 heavy (non-hydrogen) atoms. The molecular weight excluding hydrogens is 340 g/mol. The van der Waals surface area contributed by atoms with E-state index in [1.54, 1.807) is 0 Å². The summed E-state index contributed by atoms with van der Waals surface area (Å²) in [5, 5.41) is 7.73. The predicted octanol–water partition coefficient (Wildman–Crippen LogP) is 4.22. The van der Waals surface area contributed by atoms with Crippen molar-refractivity contribution in [3.05, 3.63) is 58.7 Å². The molecule has 4 nitrogen and oxygen atoms in total. The van der Waals surface area contributed by atoms with Crippen molar-refractivity contribution in [2.75, 3.05) is 23.7 Å². The molecule has 3 rings (SSSR count). The minimum atomic E-state index is 0.776. The molecule has 3 aromatic rings. The number of hydrogen-bond acceptors (Lipinski definition) is 4. The Labute approximate surface area is 138 Å². The van der Waals surface area contributed by atoms with Crippen molar-refractivity contribution >= 4 is 38.5 Å². The van der Waals surface area contributed by atoms with Crippen LogP contribution in [0, 0.1) is 6.92 Å². The van der Waals surface area contributed by atoms with Crippen molar-refractivity contribution in [1.82, 2.24) is 9.97 Å². The van der Waals surface area contributed by atoms with E-state index in [9.17, 15) is 0 Å². The molecule has 0 saturated heterocycles. The van der Waals surface area contributed by atoms with E-state index in [1.165, 1.54) is 0 Å². The van der Waals surface area contributed by atoms with Crippen molar-refractivity contribution in [1.29, 1.82) is 0 Å². The van der Waals surface area contributed by atoms with Crippen molar-refractivity contribution < 1.29 is 0 Å². The van der Waals surface area contributed by atoms with Crippen LogP contribution < -0.4 is 10.6 Å². The highest BCUT2D eigenvalue weighted by atomic mass is 79.9. The predicted molar refractivity (Wildman–Crippen MR) is 95.4 cm³/mol. The summed E-state index contributed by atoms with van der Waals surface area (Å²) in [5.41, 5.74) is 2.13. The van der Waals surface area contributed by atoms with Crippen LogP contribution in [0.3, 0.4) is 0 Å². The number of anilines is 2. The van der Waals surface area contributed by atoms with Crippen LogP contribution in [0.1, 0.15) is 5.56 Å². The Hall–Kier alpha value is -2.14. The number of halogens is 1. The summed E-state index contributed by atoms with van der Waals surface area (Å²) in [5.74, 6) is 1.76. The second-order valence-electron chi connectivity index (χ2n) is 5.08. The van der Waals surface area contributed by atoms with Gasteiger partial charge in [0.1, 0.15) is 11.6 Å². The van der Waals surface area contributed by atoms with Gasteiger partial charge in [-0.1, -0.05) is 18.2 Å². The number of aryl methyl sites for hydroxylation is 1. The Morgan fingerprint density at radius 1 is 0.955 bits per heavy atom. The highest BCUT2D eigenvalue weighted by molar-refractivity contribution is 9.10. The van der Waals surface area contributed by atoms with Gasteiger partial charge in [0.15, 0.2) is 0 Å². The van der Waals surface area contributed by atoms with Gasteiger partial charge in [0, 0.05) is 29.1 Å². The van der Waals surface area contributed by atoms with E-state index in [0.29, 0.717) is 0 Å². The van der Waals surface area contributed by atoms with Crippen molar-refractivity contribution in [2.45, 2.75) is 6.92 Å². The fourth-order valence-electron chi connectivity index (χ4n) is 2.16. The van der Waals surface area contributed by atoms with Crippen molar-refractivity contribution in [2.24, 2.45) is 0 Å². The molecule has 2 aromatic heterocycles. The lowest BCUT2D eigenvalue weighted by atomic mass is 10.2. The molecule has 0 unspecified atom stereocenters. The number of rotatable bonds is 5. The largest absolute Gasteiger partial charge is 0.368 e. The highest BCUT2D eigenvalue weighted by Gasteiger charge is 2.01. The summed E-state index contributed by atoms with van der Waals surface area (Å²) in [6, 6.07) is 14.2. The Morgan fingerprint density at radius 3 is 2.50 bits per heavy atom. The summed E-state index contributed by atoms with van der Waals surface area (Å²) in [6.45, 7) is 3.59. The average molecular weight is 357 g/mol. The normalized spacial score (nSPS) is 10.6. The van der Waals surface area contributed by atoms with Crippen LogP contribution in [0.15, 0.2) is 53.1 Å². The number of para-hydroxylation sites is 1. The van der Waals surface area contributed by atoms with Gasteiger partial charge in [-0.3, -0.25) is 0 Å². The van der Waals surface area contributed by atoms with E-state index >= 15 is 0 Å². The lowest BCUT2D eigenvalue weighted by Crippen LogP contribution is -2.14. The molecule has 112 valence electrons. The number of nitrogens with zero attached hydrogens (tertiary/aromatic N) is 2. The first-order chi connectivity index (χ1) is 10.7. The van der Waals surface area contributed by atoms with Gasteiger partial charge in [-0.25, -0.2) is 9.97 Å². The van der Waals surface area contributed by atoms with Crippen molar-refractivity contribution in [3.8, 4) is 0 Å². The Bertz CT molecular complexity index is 771. The molecule has 0 amide bonds. The molecule has 2 N–H and O–H groups in total. The molecular formula is C17H17BrN4. The number of aromatic nitrogens is 2. The molecule has 2 heterocycles. The zero-order valence-corrected chi connectivity index (χ0v) is 13.9. The molecule has 0 fully saturated rings. The molecule has 0 aliphatic rings. The van der Waals surface area contributed by atoms with Crippen LogP contribution in [-0.2, 0) is 0 Å². The maximum atomic E-state index is 4.63. The zero-order valence-electron chi connectivity index (χ0n) is 12.3. The Kier molecular flexibility index (Phi) is 4.53. The molecule has 1 aromatic carbocycles. The first-order valence-electron chi connectivity index (χ1n) is 7.18. The maximum absolute atomic E-state index is 4.63. The van der Waals surface area contributed by atoms with E-state index in [-0.39, 0.29) is 0 Å². The topological polar surface area (TPSA) is 49.8 Å². The van der Waals surface area contributed by atoms with Gasteiger partial charge in [-0.15, -0.1) is 0 Å². The van der Waals surface area contributed by atoms with Crippen LogP contribution >= 0.6 is 15.9 Å². The summed E-state index contributed by atoms with van der Waals surface area (Å²) in [7, 11) is 0. The molecule has 5 heteroatoms. The summed E-state index contributed by atoms with van der Waals surface area (Å²) in [4.78, 5) is 8.94. The Balaban J connectivity index is 1.57. The highest BCUT2D eigenvalue weighted by Crippen LogP contribution is 2.23. The molecule has 0 saturated carbocycles. The fraction of sp³-hybridized carbons (Fsp3) is 0.176. The van der Waals surface area contributed by atoms with E-state index < -0.39 is 0 Å². The van der Waals surface area contributed by atoms with Gasteiger partial charge in [-0.2, -0.15) is 0 Å². The fourth-order valence-corrected chi connectivity index (χ4v) is 2.63. The van der Waals surface area contributed by atoms with Crippen LogP contribution in [0.2, 0.25) is 0 Å². The van der Waals surface area contributed by atoms with Gasteiger partial charge in [0.2, 0.25) is 0 Å². The number of fused-ring (bicyclic) bond motifs is 1. The number of pyridine rings is 2. The third kappa shape index (κ3) is 3.54. The minimum Gasteiger partial charge on any atom is -0.368 e. The molecule has 0 radical (unpaired) electrons. The lowest BCUT2D eigenvalue weighted by Gasteiger charge is -2.09. The first kappa shape index (κ1) is 14.8. The van der Waals surface area contributed by atoms with Crippen LogP contribution in [0.4, 0.5) is 11.6 Å². The van der Waals surface area contributed by atoms with Gasteiger partial charge in [0.25, 0.3) is 0 Å². The molecule has 0 aliphatic heterocycles. The molecule has 0 aliphatic carbocycles.